The Morgan fingerprint density at radius 1 is 1.35 bits per heavy atom. The van der Waals surface area contributed by atoms with Crippen LogP contribution < -0.4 is 10.2 Å². The minimum Gasteiger partial charge on any atom is -0.349 e. The number of carbonyl (C=O) groups is 1. The number of hydrogen-bond acceptors (Lipinski definition) is 5. The molecule has 1 atom stereocenters. The van der Waals surface area contributed by atoms with E-state index in [2.05, 4.69) is 20.4 Å². The molecule has 134 valence electrons. The summed E-state index contributed by atoms with van der Waals surface area (Å²) in [6.07, 6.45) is 5.87. The first kappa shape index (κ1) is 16.2. The topological polar surface area (TPSA) is 80.9 Å². The quantitative estimate of drug-likeness (QED) is 0.759. The first-order chi connectivity index (χ1) is 12.6. The van der Waals surface area contributed by atoms with E-state index in [-0.39, 0.29) is 11.9 Å². The molecule has 8 nitrogen and oxygen atoms in total. The van der Waals surface area contributed by atoms with E-state index in [1.807, 2.05) is 35.0 Å². The monoisotopic (exact) mass is 355 g/mol. The fraction of sp³-hybridized carbons (Fsp3) is 0.294. The maximum absolute atomic E-state index is 13.1. The van der Waals surface area contributed by atoms with E-state index in [1.54, 1.807) is 16.8 Å². The van der Waals surface area contributed by atoms with E-state index in [0.29, 0.717) is 31.3 Å². The van der Waals surface area contributed by atoms with Crippen molar-refractivity contribution in [3.8, 4) is 0 Å². The van der Waals surface area contributed by atoms with E-state index in [1.165, 1.54) is 0 Å². The highest BCUT2D eigenvalue weighted by Gasteiger charge is 2.27. The summed E-state index contributed by atoms with van der Waals surface area (Å²) in [5, 5.41) is 7.33. The Morgan fingerprint density at radius 2 is 2.15 bits per heavy atom. The first-order valence-electron chi connectivity index (χ1n) is 8.26. The van der Waals surface area contributed by atoms with Crippen molar-refractivity contribution in [1.82, 2.24) is 29.6 Å². The lowest BCUT2D eigenvalue weighted by atomic mass is 10.2. The molecule has 0 fully saturated rings. The first-order valence-corrected chi connectivity index (χ1v) is 8.26. The highest BCUT2D eigenvalue weighted by Crippen LogP contribution is 2.23. The van der Waals surface area contributed by atoms with Gasteiger partial charge in [0.25, 0.3) is 5.91 Å². The largest absolute Gasteiger partial charge is 0.349 e. The number of fused-ring (bicyclic) bond motifs is 1. The molecular weight excluding hydrogens is 337 g/mol. The molecule has 3 aromatic heterocycles. The number of hydrogen-bond donors (Lipinski definition) is 1. The van der Waals surface area contributed by atoms with Crippen LogP contribution >= 0.6 is 0 Å². The van der Waals surface area contributed by atoms with E-state index in [4.69, 9.17) is 0 Å². The van der Waals surface area contributed by atoms with Gasteiger partial charge in [0.05, 0.1) is 30.7 Å². The van der Waals surface area contributed by atoms with Crippen LogP contribution in [-0.4, -0.2) is 43.3 Å². The smallest absolute Gasteiger partial charge is 0.267 e. The zero-order valence-electron chi connectivity index (χ0n) is 14.2. The van der Waals surface area contributed by atoms with Crippen LogP contribution in [0.25, 0.3) is 0 Å². The van der Waals surface area contributed by atoms with Crippen LogP contribution in [0.4, 0.5) is 10.3 Å². The molecule has 0 saturated heterocycles. The lowest BCUT2D eigenvalue weighted by Gasteiger charge is -2.33. The molecule has 1 N–H and O–H groups in total. The molecule has 26 heavy (non-hydrogen) atoms. The molecule has 3 aromatic rings. The normalized spacial score (nSPS) is 16.4. The molecule has 0 aliphatic carbocycles. The zero-order valence-corrected chi connectivity index (χ0v) is 14.2. The Kier molecular flexibility index (Phi) is 4.11. The molecule has 4 heterocycles. The van der Waals surface area contributed by atoms with Gasteiger partial charge in [0, 0.05) is 32.5 Å². The highest BCUT2D eigenvalue weighted by atomic mass is 19.1. The molecular formula is C17H18FN7O. The van der Waals surface area contributed by atoms with Crippen molar-refractivity contribution in [2.75, 3.05) is 18.0 Å². The van der Waals surface area contributed by atoms with Crippen LogP contribution in [0, 0.1) is 5.82 Å². The van der Waals surface area contributed by atoms with Crippen LogP contribution in [0.3, 0.4) is 0 Å². The Bertz CT molecular complexity index is 917. The summed E-state index contributed by atoms with van der Waals surface area (Å²) in [4.78, 5) is 22.4. The number of nitrogens with one attached hydrogen (secondary N) is 1. The highest BCUT2D eigenvalue weighted by molar-refractivity contribution is 5.92. The summed E-state index contributed by atoms with van der Waals surface area (Å²) in [6, 6.07) is 5.44. The molecule has 0 aromatic carbocycles. The van der Waals surface area contributed by atoms with Gasteiger partial charge in [-0.05, 0) is 18.2 Å². The summed E-state index contributed by atoms with van der Waals surface area (Å²) >= 11 is 0. The third-order valence-electron chi connectivity index (χ3n) is 4.45. The van der Waals surface area contributed by atoms with Crippen molar-refractivity contribution in [2.45, 2.75) is 12.6 Å². The molecule has 1 aliphatic heterocycles. The lowest BCUT2D eigenvalue weighted by Crippen LogP contribution is -2.43. The van der Waals surface area contributed by atoms with Gasteiger partial charge in [-0.25, -0.2) is 14.4 Å². The second-order valence-electron chi connectivity index (χ2n) is 6.22. The van der Waals surface area contributed by atoms with Gasteiger partial charge in [-0.2, -0.15) is 5.10 Å². The molecule has 9 heteroatoms. The summed E-state index contributed by atoms with van der Waals surface area (Å²) in [6.45, 7) is 1.55. The van der Waals surface area contributed by atoms with E-state index < -0.39 is 5.82 Å². The third kappa shape index (κ3) is 3.03. The Balaban J connectivity index is 1.51. The van der Waals surface area contributed by atoms with Gasteiger partial charge in [-0.3, -0.25) is 9.48 Å². The molecule has 4 rings (SSSR count). The Morgan fingerprint density at radius 3 is 2.88 bits per heavy atom. The Hall–Kier alpha value is -3.23. The van der Waals surface area contributed by atoms with Crippen molar-refractivity contribution >= 4 is 11.9 Å². The molecule has 1 amide bonds. The molecule has 1 aliphatic rings. The molecule has 0 spiro atoms. The average molecular weight is 355 g/mol. The van der Waals surface area contributed by atoms with Crippen molar-refractivity contribution in [3.05, 3.63) is 60.2 Å². The third-order valence-corrected chi connectivity index (χ3v) is 4.45. The molecule has 1 unspecified atom stereocenters. The van der Waals surface area contributed by atoms with Crippen LogP contribution in [0.2, 0.25) is 0 Å². The van der Waals surface area contributed by atoms with Gasteiger partial charge in [0.2, 0.25) is 5.95 Å². The predicted molar refractivity (Wildman–Crippen MR) is 92.1 cm³/mol. The number of anilines is 1. The SMILES string of the molecule is Cn1cccc1C(=O)NCC1CN(c2ncc(F)cn2)Cc2ccnn21. The van der Waals surface area contributed by atoms with Gasteiger partial charge < -0.3 is 14.8 Å². The average Bonchev–Trinajstić information content (AvgIpc) is 3.28. The lowest BCUT2D eigenvalue weighted by molar-refractivity contribution is 0.0938. The Labute approximate surface area is 149 Å². The number of aromatic nitrogens is 5. The number of carbonyl (C=O) groups excluding carboxylic acids is 1. The summed E-state index contributed by atoms with van der Waals surface area (Å²) in [7, 11) is 1.83. The zero-order chi connectivity index (χ0) is 18.1. The van der Waals surface area contributed by atoms with E-state index in [0.717, 1.165) is 18.1 Å². The van der Waals surface area contributed by atoms with Crippen LogP contribution in [0.5, 0.6) is 0 Å². The van der Waals surface area contributed by atoms with Crippen molar-refractivity contribution in [1.29, 1.82) is 0 Å². The van der Waals surface area contributed by atoms with Crippen LogP contribution in [0.15, 0.2) is 43.0 Å². The van der Waals surface area contributed by atoms with Gasteiger partial charge in [-0.1, -0.05) is 0 Å². The summed E-state index contributed by atoms with van der Waals surface area (Å²) in [5.41, 5.74) is 1.59. The summed E-state index contributed by atoms with van der Waals surface area (Å²) in [5.74, 6) is -0.152. The van der Waals surface area contributed by atoms with Crippen molar-refractivity contribution in [2.24, 2.45) is 7.05 Å². The second-order valence-corrected chi connectivity index (χ2v) is 6.22. The van der Waals surface area contributed by atoms with Gasteiger partial charge in [0.15, 0.2) is 5.82 Å². The number of rotatable bonds is 4. The fourth-order valence-electron chi connectivity index (χ4n) is 3.16. The molecule has 0 bridgehead atoms. The minimum absolute atomic E-state index is 0.0772. The fourth-order valence-corrected chi connectivity index (χ4v) is 3.16. The molecule has 0 saturated carbocycles. The number of aryl methyl sites for hydroxylation is 1. The van der Waals surface area contributed by atoms with E-state index in [9.17, 15) is 9.18 Å². The minimum atomic E-state index is -0.470. The standard InChI is InChI=1S/C17H18FN7O/c1-23-6-2-3-15(23)16(26)19-9-14-11-24(10-13-4-5-22-25(13)14)17-20-7-12(18)8-21-17/h2-8,14H,9-11H2,1H3,(H,19,26). The number of amides is 1. The van der Waals surface area contributed by atoms with Gasteiger partial charge in [0.1, 0.15) is 5.69 Å². The number of halogens is 1. The van der Waals surface area contributed by atoms with Crippen molar-refractivity contribution in [3.63, 3.8) is 0 Å². The predicted octanol–water partition coefficient (Wildman–Crippen LogP) is 1.14. The number of nitrogens with zero attached hydrogens (tertiary/aromatic N) is 6. The van der Waals surface area contributed by atoms with E-state index >= 15 is 0 Å². The maximum atomic E-state index is 13.1. The van der Waals surface area contributed by atoms with Crippen LogP contribution in [-0.2, 0) is 13.6 Å². The van der Waals surface area contributed by atoms with Crippen molar-refractivity contribution < 1.29 is 9.18 Å². The van der Waals surface area contributed by atoms with Crippen LogP contribution in [0.1, 0.15) is 22.2 Å². The summed E-state index contributed by atoms with van der Waals surface area (Å²) < 4.78 is 16.8. The molecule has 0 radical (unpaired) electrons. The van der Waals surface area contributed by atoms with Gasteiger partial charge >= 0.3 is 0 Å². The van der Waals surface area contributed by atoms with Gasteiger partial charge in [-0.15, -0.1) is 0 Å². The maximum Gasteiger partial charge on any atom is 0.267 e. The second kappa shape index (κ2) is 6.58.